The molecule has 0 heterocycles. The van der Waals surface area contributed by atoms with Crippen molar-refractivity contribution in [2.24, 2.45) is 0 Å². The largest absolute Gasteiger partial charge is 0.461 e. The minimum Gasteiger partial charge on any atom is -0.461 e. The van der Waals surface area contributed by atoms with Crippen LogP contribution >= 0.6 is 15.9 Å². The van der Waals surface area contributed by atoms with Crippen molar-refractivity contribution in [3.8, 4) is 0 Å². The van der Waals surface area contributed by atoms with Gasteiger partial charge in [-0.3, -0.25) is 4.79 Å². The standard InChI is InChI=1S/C12H13BrO2/c1-9(8-15-10(2)14)7-11-3-5-12(13)6-4-11/h3-7H,8H2,1-2H3/b9-7+. The first kappa shape index (κ1) is 12.0. The fourth-order valence-electron chi connectivity index (χ4n) is 1.10. The highest BCUT2D eigenvalue weighted by Crippen LogP contribution is 2.13. The molecule has 0 unspecified atom stereocenters. The Labute approximate surface area is 98.1 Å². The molecule has 0 aliphatic rings. The van der Waals surface area contributed by atoms with Crippen LogP contribution in [0.1, 0.15) is 19.4 Å². The molecule has 15 heavy (non-hydrogen) atoms. The van der Waals surface area contributed by atoms with Gasteiger partial charge >= 0.3 is 5.97 Å². The molecule has 0 aromatic heterocycles. The first-order valence-corrected chi connectivity index (χ1v) is 5.43. The Bertz CT molecular complexity index is 366. The van der Waals surface area contributed by atoms with Crippen LogP contribution in [0.25, 0.3) is 6.08 Å². The number of hydrogen-bond acceptors (Lipinski definition) is 2. The van der Waals surface area contributed by atoms with E-state index in [2.05, 4.69) is 15.9 Å². The highest BCUT2D eigenvalue weighted by molar-refractivity contribution is 9.10. The second kappa shape index (κ2) is 5.71. The molecule has 0 saturated carbocycles. The van der Waals surface area contributed by atoms with Crippen molar-refractivity contribution in [1.29, 1.82) is 0 Å². The molecular formula is C12H13BrO2. The monoisotopic (exact) mass is 268 g/mol. The zero-order chi connectivity index (χ0) is 11.3. The number of carbonyl (C=O) groups is 1. The summed E-state index contributed by atoms with van der Waals surface area (Å²) in [6.07, 6.45) is 2.00. The van der Waals surface area contributed by atoms with E-state index < -0.39 is 0 Å². The number of ether oxygens (including phenoxy) is 1. The summed E-state index contributed by atoms with van der Waals surface area (Å²) >= 11 is 3.37. The van der Waals surface area contributed by atoms with Crippen LogP contribution < -0.4 is 0 Å². The normalized spacial score (nSPS) is 11.3. The van der Waals surface area contributed by atoms with Crippen molar-refractivity contribution < 1.29 is 9.53 Å². The van der Waals surface area contributed by atoms with Crippen LogP contribution in [0.5, 0.6) is 0 Å². The van der Waals surface area contributed by atoms with E-state index in [4.69, 9.17) is 4.74 Å². The molecule has 0 atom stereocenters. The molecule has 0 amide bonds. The van der Waals surface area contributed by atoms with E-state index >= 15 is 0 Å². The quantitative estimate of drug-likeness (QED) is 0.786. The number of rotatable bonds is 3. The van der Waals surface area contributed by atoms with E-state index in [1.165, 1.54) is 6.92 Å². The summed E-state index contributed by atoms with van der Waals surface area (Å²) in [6.45, 7) is 3.70. The lowest BCUT2D eigenvalue weighted by Crippen LogP contribution is -2.01. The Morgan fingerprint density at radius 3 is 2.47 bits per heavy atom. The van der Waals surface area contributed by atoms with Gasteiger partial charge in [0.2, 0.25) is 0 Å². The molecule has 1 aromatic rings. The van der Waals surface area contributed by atoms with Crippen molar-refractivity contribution in [3.63, 3.8) is 0 Å². The zero-order valence-electron chi connectivity index (χ0n) is 8.79. The summed E-state index contributed by atoms with van der Waals surface area (Å²) in [7, 11) is 0. The second-order valence-electron chi connectivity index (χ2n) is 3.32. The number of esters is 1. The van der Waals surface area contributed by atoms with Crippen molar-refractivity contribution in [2.45, 2.75) is 13.8 Å². The first-order chi connectivity index (χ1) is 7.08. The first-order valence-electron chi connectivity index (χ1n) is 4.64. The summed E-state index contributed by atoms with van der Waals surface area (Å²) in [5.74, 6) is -0.251. The van der Waals surface area contributed by atoms with Crippen LogP contribution in [0.2, 0.25) is 0 Å². The van der Waals surface area contributed by atoms with Gasteiger partial charge < -0.3 is 4.74 Å². The smallest absolute Gasteiger partial charge is 0.302 e. The van der Waals surface area contributed by atoms with Crippen molar-refractivity contribution in [2.75, 3.05) is 6.61 Å². The van der Waals surface area contributed by atoms with Gasteiger partial charge in [-0.05, 0) is 30.2 Å². The Hall–Kier alpha value is -1.09. The number of carbonyl (C=O) groups excluding carboxylic acids is 1. The number of benzene rings is 1. The van der Waals surface area contributed by atoms with Gasteiger partial charge in [-0.25, -0.2) is 0 Å². The molecule has 0 aliphatic heterocycles. The average molecular weight is 269 g/mol. The van der Waals surface area contributed by atoms with Crippen LogP contribution in [0.4, 0.5) is 0 Å². The summed E-state index contributed by atoms with van der Waals surface area (Å²) < 4.78 is 5.94. The van der Waals surface area contributed by atoms with E-state index in [1.807, 2.05) is 37.3 Å². The summed E-state index contributed by atoms with van der Waals surface area (Å²) in [4.78, 5) is 10.6. The van der Waals surface area contributed by atoms with Gasteiger partial charge in [0.25, 0.3) is 0 Å². The summed E-state index contributed by atoms with van der Waals surface area (Å²) in [5.41, 5.74) is 2.12. The highest BCUT2D eigenvalue weighted by atomic mass is 79.9. The fraction of sp³-hybridized carbons (Fsp3) is 0.250. The lowest BCUT2D eigenvalue weighted by atomic mass is 10.1. The minimum atomic E-state index is -0.251. The van der Waals surface area contributed by atoms with Gasteiger partial charge in [-0.15, -0.1) is 0 Å². The molecule has 2 nitrogen and oxygen atoms in total. The Morgan fingerprint density at radius 2 is 1.93 bits per heavy atom. The Morgan fingerprint density at radius 1 is 1.33 bits per heavy atom. The van der Waals surface area contributed by atoms with E-state index in [0.29, 0.717) is 6.61 Å². The average Bonchev–Trinajstić information content (AvgIpc) is 2.19. The predicted molar refractivity (Wildman–Crippen MR) is 64.4 cm³/mol. The molecule has 0 spiro atoms. The molecule has 80 valence electrons. The SMILES string of the molecule is CC(=O)OC/C(C)=C/c1ccc(Br)cc1. The fourth-order valence-corrected chi connectivity index (χ4v) is 1.36. The molecule has 1 aromatic carbocycles. The van der Waals surface area contributed by atoms with Gasteiger partial charge in [0.1, 0.15) is 6.61 Å². The minimum absolute atomic E-state index is 0.251. The number of hydrogen-bond donors (Lipinski definition) is 0. The third kappa shape index (κ3) is 4.79. The van der Waals surface area contributed by atoms with Crippen LogP contribution in [-0.2, 0) is 9.53 Å². The molecule has 0 radical (unpaired) electrons. The van der Waals surface area contributed by atoms with Crippen LogP contribution in [0.15, 0.2) is 34.3 Å². The van der Waals surface area contributed by atoms with Crippen molar-refractivity contribution in [1.82, 2.24) is 0 Å². The highest BCUT2D eigenvalue weighted by Gasteiger charge is 1.95. The van der Waals surface area contributed by atoms with E-state index in [-0.39, 0.29) is 5.97 Å². The zero-order valence-corrected chi connectivity index (χ0v) is 10.4. The van der Waals surface area contributed by atoms with E-state index in [0.717, 1.165) is 15.6 Å². The maximum absolute atomic E-state index is 10.6. The van der Waals surface area contributed by atoms with Gasteiger partial charge in [0.15, 0.2) is 0 Å². The molecule has 0 N–H and O–H groups in total. The second-order valence-corrected chi connectivity index (χ2v) is 4.24. The van der Waals surface area contributed by atoms with Gasteiger partial charge in [0, 0.05) is 11.4 Å². The summed E-state index contributed by atoms with van der Waals surface area (Å²) in [5, 5.41) is 0. The van der Waals surface area contributed by atoms with Gasteiger partial charge in [-0.2, -0.15) is 0 Å². The molecular weight excluding hydrogens is 256 g/mol. The summed E-state index contributed by atoms with van der Waals surface area (Å²) in [6, 6.07) is 7.96. The third-order valence-corrected chi connectivity index (χ3v) is 2.31. The molecule has 0 fully saturated rings. The Balaban J connectivity index is 2.62. The molecule has 3 heteroatoms. The van der Waals surface area contributed by atoms with Gasteiger partial charge in [-0.1, -0.05) is 34.1 Å². The van der Waals surface area contributed by atoms with E-state index in [9.17, 15) is 4.79 Å². The molecule has 0 bridgehead atoms. The number of halogens is 1. The lowest BCUT2D eigenvalue weighted by Gasteiger charge is -2.02. The lowest BCUT2D eigenvalue weighted by molar-refractivity contribution is -0.139. The van der Waals surface area contributed by atoms with E-state index in [1.54, 1.807) is 0 Å². The van der Waals surface area contributed by atoms with Crippen molar-refractivity contribution in [3.05, 3.63) is 39.9 Å². The maximum Gasteiger partial charge on any atom is 0.302 e. The van der Waals surface area contributed by atoms with Crippen molar-refractivity contribution >= 4 is 28.0 Å². The Kier molecular flexibility index (Phi) is 4.56. The third-order valence-electron chi connectivity index (χ3n) is 1.79. The maximum atomic E-state index is 10.6. The predicted octanol–water partition coefficient (Wildman–Crippen LogP) is 3.42. The van der Waals surface area contributed by atoms with Gasteiger partial charge in [0.05, 0.1) is 0 Å². The molecule has 0 saturated heterocycles. The van der Waals surface area contributed by atoms with Crippen LogP contribution in [0, 0.1) is 0 Å². The topological polar surface area (TPSA) is 26.3 Å². The molecule has 1 rings (SSSR count). The van der Waals surface area contributed by atoms with Crippen LogP contribution in [-0.4, -0.2) is 12.6 Å². The molecule has 0 aliphatic carbocycles. The van der Waals surface area contributed by atoms with Crippen LogP contribution in [0.3, 0.4) is 0 Å².